The fourth-order valence-corrected chi connectivity index (χ4v) is 5.30. The first-order chi connectivity index (χ1) is 8.77. The Hall–Kier alpha value is -0.180. The molecular weight excluding hydrogens is 252 g/mol. The van der Waals surface area contributed by atoms with E-state index in [1.54, 1.807) is 0 Å². The van der Waals surface area contributed by atoms with Crippen LogP contribution in [0, 0.1) is 16.7 Å². The molecule has 2 unspecified atom stereocenters. The topological polar surface area (TPSA) is 24.4 Å². The van der Waals surface area contributed by atoms with E-state index in [4.69, 9.17) is 4.99 Å². The van der Waals surface area contributed by atoms with E-state index >= 15 is 0 Å². The van der Waals surface area contributed by atoms with Gasteiger partial charge in [-0.3, -0.25) is 4.99 Å². The van der Waals surface area contributed by atoms with Crippen molar-refractivity contribution < 1.29 is 0 Å². The van der Waals surface area contributed by atoms with Crippen molar-refractivity contribution in [3.63, 3.8) is 0 Å². The van der Waals surface area contributed by atoms with E-state index in [-0.39, 0.29) is 0 Å². The Morgan fingerprint density at radius 2 is 1.89 bits per heavy atom. The average molecular weight is 280 g/mol. The van der Waals surface area contributed by atoms with Gasteiger partial charge in [0.25, 0.3) is 0 Å². The van der Waals surface area contributed by atoms with Crippen molar-refractivity contribution in [3.05, 3.63) is 0 Å². The van der Waals surface area contributed by atoms with Crippen molar-refractivity contribution in [2.24, 2.45) is 21.7 Å². The summed E-state index contributed by atoms with van der Waals surface area (Å²) in [7, 11) is 0. The van der Waals surface area contributed by atoms with E-state index in [1.165, 1.54) is 36.6 Å². The van der Waals surface area contributed by atoms with Crippen LogP contribution in [0.2, 0.25) is 0 Å². The van der Waals surface area contributed by atoms with E-state index in [9.17, 15) is 0 Å². The Bertz CT molecular complexity index is 399. The summed E-state index contributed by atoms with van der Waals surface area (Å²) in [4.78, 5) is 5.04. The molecule has 0 aromatic carbocycles. The molecule has 3 aliphatic rings. The van der Waals surface area contributed by atoms with Crippen LogP contribution in [0.15, 0.2) is 4.99 Å². The molecule has 2 nitrogen and oxygen atoms in total. The Labute approximate surface area is 122 Å². The van der Waals surface area contributed by atoms with Crippen LogP contribution in [0.5, 0.6) is 0 Å². The Morgan fingerprint density at radius 3 is 2.47 bits per heavy atom. The molecule has 0 aromatic rings. The largest absolute Gasteiger partial charge is 0.359 e. The van der Waals surface area contributed by atoms with Crippen LogP contribution in [-0.2, 0) is 0 Å². The normalized spacial score (nSPS) is 42.6. The minimum absolute atomic E-state index is 0.359. The highest BCUT2D eigenvalue weighted by Gasteiger charge is 2.65. The van der Waals surface area contributed by atoms with Crippen LogP contribution in [0.4, 0.5) is 0 Å². The third kappa shape index (κ3) is 2.12. The maximum Gasteiger partial charge on any atom is 0.157 e. The number of amidine groups is 1. The molecule has 0 amide bonds. The van der Waals surface area contributed by atoms with E-state index in [1.807, 2.05) is 11.8 Å². The quantitative estimate of drug-likeness (QED) is 0.783. The average Bonchev–Trinajstić information content (AvgIpc) is 2.63. The Kier molecular flexibility index (Phi) is 3.02. The molecule has 0 bridgehead atoms. The summed E-state index contributed by atoms with van der Waals surface area (Å²) in [5.41, 5.74) is 1.08. The number of nitrogens with zero attached hydrogens (tertiary/aromatic N) is 1. The zero-order valence-corrected chi connectivity index (χ0v) is 13.9. The molecule has 2 aliphatic carbocycles. The summed E-state index contributed by atoms with van der Waals surface area (Å²) in [5, 5.41) is 5.02. The zero-order chi connectivity index (χ0) is 13.9. The number of aliphatic imine (C=N–C) groups is 1. The fraction of sp³-hybridized carbons (Fsp3) is 0.938. The van der Waals surface area contributed by atoms with Gasteiger partial charge in [0.2, 0.25) is 0 Å². The van der Waals surface area contributed by atoms with Gasteiger partial charge in [-0.1, -0.05) is 59.2 Å². The van der Waals surface area contributed by atoms with Crippen LogP contribution >= 0.6 is 11.8 Å². The number of thioether (sulfide) groups is 1. The highest BCUT2D eigenvalue weighted by molar-refractivity contribution is 8.14. The second-order valence-corrected chi connectivity index (χ2v) is 9.14. The molecule has 1 heterocycles. The number of nitrogens with one attached hydrogen (secondary N) is 1. The SMILES string of the molecule is CC1CCCC2(CSC(=NC3C(C)(C)C3(C)C)N2)C1. The summed E-state index contributed by atoms with van der Waals surface area (Å²) in [6.45, 7) is 11.8. The monoisotopic (exact) mass is 280 g/mol. The molecule has 19 heavy (non-hydrogen) atoms. The molecule has 0 aromatic heterocycles. The third-order valence-corrected chi connectivity index (χ3v) is 7.32. The first-order valence-electron chi connectivity index (χ1n) is 7.76. The van der Waals surface area contributed by atoms with E-state index in [0.29, 0.717) is 22.4 Å². The first kappa shape index (κ1) is 13.8. The smallest absolute Gasteiger partial charge is 0.157 e. The lowest BCUT2D eigenvalue weighted by Crippen LogP contribution is -2.47. The fourth-order valence-electron chi connectivity index (χ4n) is 4.08. The van der Waals surface area contributed by atoms with Gasteiger partial charge in [-0.15, -0.1) is 0 Å². The van der Waals surface area contributed by atoms with E-state index in [2.05, 4.69) is 39.9 Å². The lowest BCUT2D eigenvalue weighted by Gasteiger charge is -2.36. The molecule has 1 saturated heterocycles. The van der Waals surface area contributed by atoms with Crippen LogP contribution in [-0.4, -0.2) is 22.5 Å². The molecule has 1 N–H and O–H groups in total. The minimum atomic E-state index is 0.359. The molecule has 1 aliphatic heterocycles. The standard InChI is InChI=1S/C16H28N2S/c1-11-7-6-8-16(9-11)10-19-13(18-16)17-12-14(2,3)15(12,4)5/h11-12H,6-10H2,1-5H3,(H,17,18). The molecule has 3 fully saturated rings. The third-order valence-electron chi connectivity index (χ3n) is 6.14. The molecular formula is C16H28N2S. The summed E-state index contributed by atoms with van der Waals surface area (Å²) >= 11 is 1.96. The Morgan fingerprint density at radius 1 is 1.21 bits per heavy atom. The van der Waals surface area contributed by atoms with Gasteiger partial charge < -0.3 is 5.32 Å². The lowest BCUT2D eigenvalue weighted by atomic mass is 9.78. The van der Waals surface area contributed by atoms with Crippen LogP contribution in [0.3, 0.4) is 0 Å². The van der Waals surface area contributed by atoms with Crippen molar-refractivity contribution in [2.45, 2.75) is 71.9 Å². The van der Waals surface area contributed by atoms with Crippen molar-refractivity contribution in [1.82, 2.24) is 5.32 Å². The van der Waals surface area contributed by atoms with Gasteiger partial charge in [0.1, 0.15) is 0 Å². The van der Waals surface area contributed by atoms with Crippen molar-refractivity contribution in [2.75, 3.05) is 5.75 Å². The van der Waals surface area contributed by atoms with Gasteiger partial charge in [-0.05, 0) is 29.6 Å². The molecule has 2 saturated carbocycles. The molecule has 3 heteroatoms. The van der Waals surface area contributed by atoms with Gasteiger partial charge in [0.15, 0.2) is 5.17 Å². The van der Waals surface area contributed by atoms with Crippen LogP contribution in [0.1, 0.15) is 60.3 Å². The second-order valence-electron chi connectivity index (χ2n) is 8.18. The molecule has 0 radical (unpaired) electrons. The van der Waals surface area contributed by atoms with Gasteiger partial charge in [-0.2, -0.15) is 0 Å². The van der Waals surface area contributed by atoms with Crippen LogP contribution < -0.4 is 5.32 Å². The predicted octanol–water partition coefficient (Wildman–Crippen LogP) is 4.06. The van der Waals surface area contributed by atoms with Crippen LogP contribution in [0.25, 0.3) is 0 Å². The maximum absolute atomic E-state index is 5.04. The molecule has 2 atom stereocenters. The Balaban J connectivity index is 1.70. The highest BCUT2D eigenvalue weighted by atomic mass is 32.2. The van der Waals surface area contributed by atoms with Gasteiger partial charge in [0.05, 0.1) is 6.04 Å². The number of rotatable bonds is 1. The van der Waals surface area contributed by atoms with Gasteiger partial charge >= 0.3 is 0 Å². The molecule has 1 spiro atoms. The molecule has 108 valence electrons. The van der Waals surface area contributed by atoms with Gasteiger partial charge in [0, 0.05) is 11.3 Å². The van der Waals surface area contributed by atoms with E-state index in [0.717, 1.165) is 5.92 Å². The first-order valence-corrected chi connectivity index (χ1v) is 8.74. The lowest BCUT2D eigenvalue weighted by molar-refractivity contribution is 0.242. The second kappa shape index (κ2) is 4.16. The number of hydrogen-bond donors (Lipinski definition) is 1. The van der Waals surface area contributed by atoms with Crippen molar-refractivity contribution >= 4 is 16.9 Å². The zero-order valence-electron chi connectivity index (χ0n) is 13.0. The minimum Gasteiger partial charge on any atom is -0.359 e. The predicted molar refractivity (Wildman–Crippen MR) is 84.7 cm³/mol. The maximum atomic E-state index is 5.04. The summed E-state index contributed by atoms with van der Waals surface area (Å²) in [6.07, 6.45) is 5.45. The van der Waals surface area contributed by atoms with Gasteiger partial charge in [-0.25, -0.2) is 0 Å². The highest BCUT2D eigenvalue weighted by Crippen LogP contribution is 2.65. The van der Waals surface area contributed by atoms with E-state index < -0.39 is 0 Å². The summed E-state index contributed by atoms with van der Waals surface area (Å²) in [5.74, 6) is 2.10. The molecule has 3 rings (SSSR count). The van der Waals surface area contributed by atoms with Crippen molar-refractivity contribution in [3.8, 4) is 0 Å². The number of hydrogen-bond acceptors (Lipinski definition) is 2. The summed E-state index contributed by atoms with van der Waals surface area (Å²) in [6, 6.07) is 0.492. The van der Waals surface area contributed by atoms with Crippen molar-refractivity contribution in [1.29, 1.82) is 0 Å². The summed E-state index contributed by atoms with van der Waals surface area (Å²) < 4.78 is 0.